The highest BCUT2D eigenvalue weighted by atomic mass is 16.5. The van der Waals surface area contributed by atoms with Crippen molar-refractivity contribution in [2.75, 3.05) is 0 Å². The van der Waals surface area contributed by atoms with Crippen molar-refractivity contribution >= 4 is 0 Å². The maximum Gasteiger partial charge on any atom is 0.0602 e. The van der Waals surface area contributed by atoms with Crippen molar-refractivity contribution in [1.82, 2.24) is 0 Å². The molecular formula is C12H26O. The van der Waals surface area contributed by atoms with Crippen molar-refractivity contribution < 1.29 is 4.74 Å². The second kappa shape index (κ2) is 4.45. The van der Waals surface area contributed by atoms with Crippen molar-refractivity contribution in [3.8, 4) is 0 Å². The van der Waals surface area contributed by atoms with Crippen LogP contribution in [0.1, 0.15) is 61.3 Å². The summed E-state index contributed by atoms with van der Waals surface area (Å²) in [5.74, 6) is 0. The number of hydrogen-bond acceptors (Lipinski definition) is 1. The van der Waals surface area contributed by atoms with Gasteiger partial charge in [-0.15, -0.1) is 0 Å². The molecule has 0 rings (SSSR count). The van der Waals surface area contributed by atoms with E-state index in [1.807, 2.05) is 0 Å². The Morgan fingerprint density at radius 1 is 1.00 bits per heavy atom. The van der Waals surface area contributed by atoms with E-state index in [1.54, 1.807) is 0 Å². The molecule has 1 heteroatoms. The lowest BCUT2D eigenvalue weighted by Crippen LogP contribution is -2.26. The van der Waals surface area contributed by atoms with Crippen molar-refractivity contribution in [2.45, 2.75) is 73.0 Å². The van der Waals surface area contributed by atoms with E-state index in [4.69, 9.17) is 4.74 Å². The van der Waals surface area contributed by atoms with E-state index in [0.29, 0.717) is 11.5 Å². The van der Waals surface area contributed by atoms with Crippen LogP contribution < -0.4 is 0 Å². The lowest BCUT2D eigenvalue weighted by atomic mass is 9.89. The lowest BCUT2D eigenvalue weighted by molar-refractivity contribution is -0.0574. The molecule has 0 bridgehead atoms. The Kier molecular flexibility index (Phi) is 4.44. The molecule has 0 aliphatic rings. The van der Waals surface area contributed by atoms with Crippen LogP contribution in [0, 0.1) is 5.41 Å². The summed E-state index contributed by atoms with van der Waals surface area (Å²) in [7, 11) is 0. The predicted octanol–water partition coefficient (Wildman–Crippen LogP) is 4.02. The van der Waals surface area contributed by atoms with Crippen molar-refractivity contribution in [3.63, 3.8) is 0 Å². The van der Waals surface area contributed by atoms with Gasteiger partial charge in [0.05, 0.1) is 11.7 Å². The summed E-state index contributed by atoms with van der Waals surface area (Å²) < 4.78 is 5.83. The van der Waals surface area contributed by atoms with Crippen LogP contribution in [0.5, 0.6) is 0 Å². The third-order valence-electron chi connectivity index (χ3n) is 1.86. The zero-order chi connectivity index (χ0) is 10.7. The van der Waals surface area contributed by atoms with Gasteiger partial charge in [0.25, 0.3) is 0 Å². The largest absolute Gasteiger partial charge is 0.373 e. The van der Waals surface area contributed by atoms with Crippen molar-refractivity contribution in [1.29, 1.82) is 0 Å². The fourth-order valence-corrected chi connectivity index (χ4v) is 1.30. The second-order valence-corrected chi connectivity index (χ2v) is 6.14. The first-order valence-electron chi connectivity index (χ1n) is 5.28. The summed E-state index contributed by atoms with van der Waals surface area (Å²) >= 11 is 0. The molecule has 0 fully saturated rings. The summed E-state index contributed by atoms with van der Waals surface area (Å²) in [4.78, 5) is 0. The van der Waals surface area contributed by atoms with Crippen LogP contribution in [0.25, 0.3) is 0 Å². The van der Waals surface area contributed by atoms with Gasteiger partial charge in [-0.1, -0.05) is 20.8 Å². The van der Waals surface area contributed by atoms with E-state index in [-0.39, 0.29) is 5.60 Å². The summed E-state index contributed by atoms with van der Waals surface area (Å²) in [6.07, 6.45) is 2.75. The Morgan fingerprint density at radius 2 is 1.46 bits per heavy atom. The summed E-state index contributed by atoms with van der Waals surface area (Å²) in [6, 6.07) is 0. The molecule has 0 saturated heterocycles. The summed E-state index contributed by atoms with van der Waals surface area (Å²) in [5, 5.41) is 0. The molecule has 0 aliphatic carbocycles. The van der Waals surface area contributed by atoms with Crippen LogP contribution in [0.3, 0.4) is 0 Å². The van der Waals surface area contributed by atoms with E-state index in [0.717, 1.165) is 6.42 Å². The molecule has 0 heterocycles. The van der Waals surface area contributed by atoms with E-state index < -0.39 is 0 Å². The van der Waals surface area contributed by atoms with E-state index >= 15 is 0 Å². The molecule has 1 atom stereocenters. The zero-order valence-electron chi connectivity index (χ0n) is 10.4. The van der Waals surface area contributed by atoms with Crippen LogP contribution in [-0.2, 0) is 4.74 Å². The summed E-state index contributed by atoms with van der Waals surface area (Å²) in [5.41, 5.74) is 0.423. The van der Waals surface area contributed by atoms with Crippen LogP contribution in [0.2, 0.25) is 0 Å². The molecule has 0 saturated carbocycles. The molecule has 0 N–H and O–H groups in total. The molecule has 0 spiro atoms. The Bertz CT molecular complexity index is 136. The molecule has 80 valence electrons. The lowest BCUT2D eigenvalue weighted by Gasteiger charge is -2.27. The molecule has 0 radical (unpaired) electrons. The maximum atomic E-state index is 5.83. The highest BCUT2D eigenvalue weighted by molar-refractivity contribution is 4.67. The van der Waals surface area contributed by atoms with Crippen LogP contribution >= 0.6 is 0 Å². The topological polar surface area (TPSA) is 9.23 Å². The van der Waals surface area contributed by atoms with E-state index in [2.05, 4.69) is 48.5 Å². The van der Waals surface area contributed by atoms with Crippen LogP contribution in [0.15, 0.2) is 0 Å². The summed E-state index contributed by atoms with van der Waals surface area (Å²) in [6.45, 7) is 15.3. The first-order valence-corrected chi connectivity index (χ1v) is 5.28. The quantitative estimate of drug-likeness (QED) is 0.647. The predicted molar refractivity (Wildman–Crippen MR) is 59.0 cm³/mol. The van der Waals surface area contributed by atoms with Gasteiger partial charge >= 0.3 is 0 Å². The van der Waals surface area contributed by atoms with E-state index in [1.165, 1.54) is 6.42 Å². The number of ether oxygens (including phenoxy) is 1. The molecule has 0 amide bonds. The molecular weight excluding hydrogens is 160 g/mol. The Hall–Kier alpha value is -0.0400. The third-order valence-corrected chi connectivity index (χ3v) is 1.86. The molecule has 0 aliphatic heterocycles. The maximum absolute atomic E-state index is 5.83. The highest BCUT2D eigenvalue weighted by Gasteiger charge is 2.17. The molecule has 0 aromatic carbocycles. The normalized spacial score (nSPS) is 15.9. The van der Waals surface area contributed by atoms with Gasteiger partial charge in [-0.2, -0.15) is 0 Å². The highest BCUT2D eigenvalue weighted by Crippen LogP contribution is 2.23. The first kappa shape index (κ1) is 13.0. The molecule has 0 aromatic heterocycles. The van der Waals surface area contributed by atoms with Crippen LogP contribution in [-0.4, -0.2) is 11.7 Å². The minimum atomic E-state index is -0.00268. The molecule has 13 heavy (non-hydrogen) atoms. The second-order valence-electron chi connectivity index (χ2n) is 6.14. The third kappa shape index (κ3) is 9.88. The SMILES string of the molecule is C[C@H](CCC(C)(C)C)OC(C)(C)C. The zero-order valence-corrected chi connectivity index (χ0v) is 10.4. The van der Waals surface area contributed by atoms with Crippen LogP contribution in [0.4, 0.5) is 0 Å². The van der Waals surface area contributed by atoms with Crippen molar-refractivity contribution in [2.24, 2.45) is 5.41 Å². The Balaban J connectivity index is 3.70. The fraction of sp³-hybridized carbons (Fsp3) is 1.00. The van der Waals surface area contributed by atoms with Crippen molar-refractivity contribution in [3.05, 3.63) is 0 Å². The monoisotopic (exact) mass is 186 g/mol. The van der Waals surface area contributed by atoms with Gasteiger partial charge < -0.3 is 4.74 Å². The average molecular weight is 186 g/mol. The minimum Gasteiger partial charge on any atom is -0.373 e. The van der Waals surface area contributed by atoms with Gasteiger partial charge in [0.2, 0.25) is 0 Å². The molecule has 0 unspecified atom stereocenters. The van der Waals surface area contributed by atoms with Gasteiger partial charge in [-0.25, -0.2) is 0 Å². The number of rotatable bonds is 3. The standard InChI is InChI=1S/C12H26O/c1-10(13-12(5,6)7)8-9-11(2,3)4/h10H,8-9H2,1-7H3/t10-/m1/s1. The van der Waals surface area contributed by atoms with Gasteiger partial charge in [-0.3, -0.25) is 0 Å². The van der Waals surface area contributed by atoms with Gasteiger partial charge in [-0.05, 0) is 46.0 Å². The van der Waals surface area contributed by atoms with Gasteiger partial charge in [0.1, 0.15) is 0 Å². The van der Waals surface area contributed by atoms with E-state index in [9.17, 15) is 0 Å². The Morgan fingerprint density at radius 3 is 1.77 bits per heavy atom. The number of hydrogen-bond donors (Lipinski definition) is 0. The van der Waals surface area contributed by atoms with Gasteiger partial charge in [0, 0.05) is 0 Å². The Labute approximate surface area is 83.9 Å². The molecule has 0 aromatic rings. The average Bonchev–Trinajstić information content (AvgIpc) is 1.78. The first-order chi connectivity index (χ1) is 5.60. The minimum absolute atomic E-state index is 0.00268. The fourth-order valence-electron chi connectivity index (χ4n) is 1.30. The molecule has 1 nitrogen and oxygen atoms in total. The van der Waals surface area contributed by atoms with Gasteiger partial charge in [0.15, 0.2) is 0 Å². The smallest absolute Gasteiger partial charge is 0.0602 e.